The Hall–Kier alpha value is -4.98. The molecule has 0 spiro atoms. The van der Waals surface area contributed by atoms with Crippen molar-refractivity contribution < 1.29 is 10.2 Å². The van der Waals surface area contributed by atoms with E-state index in [1.54, 1.807) is 6.07 Å². The van der Waals surface area contributed by atoms with Crippen LogP contribution in [0, 0.1) is 0 Å². The van der Waals surface area contributed by atoms with Gasteiger partial charge < -0.3 is 10.2 Å². The third-order valence-corrected chi connectivity index (χ3v) is 14.1. The Bertz CT molecular complexity index is 3290. The van der Waals surface area contributed by atoms with Gasteiger partial charge in [-0.2, -0.15) is 0 Å². The second-order valence-electron chi connectivity index (χ2n) is 17.6. The predicted molar refractivity (Wildman–Crippen MR) is 255 cm³/mol. The molecule has 1 aromatic heterocycles. The molecule has 9 rings (SSSR count). The highest BCUT2D eigenvalue weighted by Gasteiger charge is 2.29. The summed E-state index contributed by atoms with van der Waals surface area (Å²) in [5.74, 6) is 0.675. The molecule has 0 aliphatic heterocycles. The average molecular weight is 910 g/mol. The lowest BCUT2D eigenvalue weighted by atomic mass is 9.80. The van der Waals surface area contributed by atoms with Crippen molar-refractivity contribution in [2.45, 2.75) is 91.9 Å². The number of aromatic hydroxyl groups is 2. The maximum Gasteiger partial charge on any atom is 0.266 e. The normalized spacial score (nSPS) is 13.1. The van der Waals surface area contributed by atoms with E-state index in [1.807, 2.05) is 54.6 Å². The summed E-state index contributed by atoms with van der Waals surface area (Å²) in [7, 11) is 0. The van der Waals surface area contributed by atoms with Crippen molar-refractivity contribution in [2.75, 3.05) is 0 Å². The lowest BCUT2D eigenvalue weighted by molar-refractivity contribution is 0.467. The molecular formula is C52H47Br2NO4. The number of para-hydroxylation sites is 1. The lowest BCUT2D eigenvalue weighted by Crippen LogP contribution is -2.33. The number of fused-ring (bicyclic) bond motifs is 2. The Morgan fingerprint density at radius 1 is 0.458 bits per heavy atom. The zero-order valence-corrected chi connectivity index (χ0v) is 38.0. The summed E-state index contributed by atoms with van der Waals surface area (Å²) in [6, 6.07) is 25.9. The fourth-order valence-electron chi connectivity index (χ4n) is 10.1. The van der Waals surface area contributed by atoms with Crippen LogP contribution in [0.25, 0.3) is 70.3 Å². The minimum Gasteiger partial charge on any atom is -0.507 e. The topological polar surface area (TPSA) is 79.5 Å². The molecule has 59 heavy (non-hydrogen) atoms. The fraction of sp³-hybridized carbons (Fsp3) is 0.269. The second kappa shape index (κ2) is 14.1. The van der Waals surface area contributed by atoms with Crippen molar-refractivity contribution in [2.24, 2.45) is 0 Å². The highest BCUT2D eigenvalue weighted by molar-refractivity contribution is 9.11. The van der Waals surface area contributed by atoms with E-state index in [1.165, 1.54) is 21.3 Å². The van der Waals surface area contributed by atoms with E-state index in [4.69, 9.17) is 0 Å². The molecule has 9 aromatic rings. The summed E-state index contributed by atoms with van der Waals surface area (Å²) < 4.78 is 2.89. The van der Waals surface area contributed by atoms with Gasteiger partial charge in [0.1, 0.15) is 11.5 Å². The third-order valence-electron chi connectivity index (χ3n) is 12.9. The second-order valence-corrected chi connectivity index (χ2v) is 19.3. The van der Waals surface area contributed by atoms with Gasteiger partial charge in [-0.1, -0.05) is 143 Å². The van der Waals surface area contributed by atoms with Gasteiger partial charge in [0.2, 0.25) is 0 Å². The van der Waals surface area contributed by atoms with Crippen LogP contribution in [0.15, 0.2) is 97.4 Å². The molecule has 8 aromatic carbocycles. The van der Waals surface area contributed by atoms with Crippen LogP contribution in [-0.2, 0) is 0 Å². The zero-order valence-electron chi connectivity index (χ0n) is 34.8. The quantitative estimate of drug-likeness (QED) is 0.123. The monoisotopic (exact) mass is 907 g/mol. The summed E-state index contributed by atoms with van der Waals surface area (Å²) in [6.45, 7) is 19.3. The van der Waals surface area contributed by atoms with Gasteiger partial charge >= 0.3 is 0 Å². The number of nitrogens with zero attached hydrogens (tertiary/aromatic N) is 1. The first kappa shape index (κ1) is 39.5. The van der Waals surface area contributed by atoms with Gasteiger partial charge in [-0.3, -0.25) is 9.59 Å². The van der Waals surface area contributed by atoms with Crippen LogP contribution in [0.5, 0.6) is 11.5 Å². The van der Waals surface area contributed by atoms with Crippen LogP contribution in [0.1, 0.15) is 125 Å². The molecule has 5 nitrogen and oxygen atoms in total. The van der Waals surface area contributed by atoms with Crippen LogP contribution in [0.3, 0.4) is 0 Å². The minimum absolute atomic E-state index is 0.0823. The molecule has 298 valence electrons. The molecule has 0 saturated heterocycles. The van der Waals surface area contributed by atoms with Crippen molar-refractivity contribution in [3.63, 3.8) is 0 Å². The van der Waals surface area contributed by atoms with Gasteiger partial charge in [0.25, 0.3) is 11.1 Å². The van der Waals surface area contributed by atoms with Crippen LogP contribution in [-0.4, -0.2) is 14.8 Å². The van der Waals surface area contributed by atoms with Gasteiger partial charge in [-0.25, -0.2) is 4.57 Å². The average Bonchev–Trinajstić information content (AvgIpc) is 3.30. The van der Waals surface area contributed by atoms with Crippen LogP contribution in [0.2, 0.25) is 0 Å². The predicted octanol–water partition coefficient (Wildman–Crippen LogP) is 14.6. The summed E-state index contributed by atoms with van der Waals surface area (Å²) in [4.78, 5) is 29.8. The van der Waals surface area contributed by atoms with Crippen molar-refractivity contribution >= 4 is 96.5 Å². The third kappa shape index (κ3) is 5.60. The van der Waals surface area contributed by atoms with Crippen molar-refractivity contribution in [3.8, 4) is 17.2 Å². The van der Waals surface area contributed by atoms with E-state index in [-0.39, 0.29) is 52.2 Å². The van der Waals surface area contributed by atoms with Crippen molar-refractivity contribution in [1.29, 1.82) is 0 Å². The van der Waals surface area contributed by atoms with Gasteiger partial charge in [-0.15, -0.1) is 0 Å². The Labute approximate surface area is 360 Å². The molecule has 0 aliphatic rings. The molecule has 0 amide bonds. The number of pyridine rings is 1. The van der Waals surface area contributed by atoms with Crippen LogP contribution >= 0.6 is 31.9 Å². The SMILES string of the molecule is CC(C)c1cccc(C(C)C)c1C(C)c1cc(O)c2ccc3c4c(Br)cc5c(=O)n(-c6c(C(C)C)cccc6C(C)C)c(=O)c6ccc(c7c(Br)cc(c1O)c2c37)c4c65. The van der Waals surface area contributed by atoms with E-state index >= 15 is 0 Å². The van der Waals surface area contributed by atoms with Gasteiger partial charge in [0, 0.05) is 68.9 Å². The molecule has 0 aliphatic carbocycles. The first-order chi connectivity index (χ1) is 28.0. The van der Waals surface area contributed by atoms with E-state index in [2.05, 4.69) is 112 Å². The Morgan fingerprint density at radius 2 is 0.881 bits per heavy atom. The van der Waals surface area contributed by atoms with Crippen molar-refractivity contribution in [3.05, 3.63) is 142 Å². The highest BCUT2D eigenvalue weighted by atomic mass is 79.9. The molecule has 0 bridgehead atoms. The molecule has 1 heterocycles. The van der Waals surface area contributed by atoms with Gasteiger partial charge in [0.05, 0.1) is 11.1 Å². The van der Waals surface area contributed by atoms with Crippen molar-refractivity contribution in [1.82, 2.24) is 4.57 Å². The van der Waals surface area contributed by atoms with E-state index in [0.717, 1.165) is 57.8 Å². The fourth-order valence-corrected chi connectivity index (χ4v) is 11.4. The largest absolute Gasteiger partial charge is 0.507 e. The number of aromatic nitrogens is 1. The van der Waals surface area contributed by atoms with Gasteiger partial charge in [-0.05, 0) is 92.6 Å². The zero-order chi connectivity index (χ0) is 42.1. The maximum absolute atomic E-state index is 14.9. The number of halogens is 2. The summed E-state index contributed by atoms with van der Waals surface area (Å²) in [5, 5.41) is 33.3. The standard InChI is InChI=1S/C52H47Br2NO4/c1-23(2)28-12-10-13-29(24(3)4)42(28)27(9)36-22-41(56)32-16-17-33-46-40(54)21-38-44-35(19-18-34(48(44)46)45-39(53)20-37(50(36)57)43(32)47(33)45)51(58)55(52(38)59)49-30(25(5)6)14-11-15-31(49)26(7)8/h10-27,56-57H,1-9H3. The number of benzene rings is 7. The Kier molecular flexibility index (Phi) is 9.41. The summed E-state index contributed by atoms with van der Waals surface area (Å²) >= 11 is 7.89. The summed E-state index contributed by atoms with van der Waals surface area (Å²) in [6.07, 6.45) is 0. The highest BCUT2D eigenvalue weighted by Crippen LogP contribution is 2.52. The molecule has 7 heteroatoms. The number of hydrogen-bond donors (Lipinski definition) is 2. The van der Waals surface area contributed by atoms with Gasteiger partial charge in [0.15, 0.2) is 0 Å². The number of rotatable bonds is 7. The van der Waals surface area contributed by atoms with Crippen LogP contribution < -0.4 is 11.1 Å². The molecule has 2 N–H and O–H groups in total. The molecular weight excluding hydrogens is 862 g/mol. The first-order valence-corrected chi connectivity index (χ1v) is 22.2. The molecule has 0 fully saturated rings. The van der Waals surface area contributed by atoms with E-state index < -0.39 is 0 Å². The lowest BCUT2D eigenvalue weighted by Gasteiger charge is -2.25. The number of hydrogen-bond acceptors (Lipinski definition) is 4. The maximum atomic E-state index is 14.9. The summed E-state index contributed by atoms with van der Waals surface area (Å²) in [5.41, 5.74) is 6.17. The van der Waals surface area contributed by atoms with E-state index in [0.29, 0.717) is 38.2 Å². The Morgan fingerprint density at radius 3 is 1.39 bits per heavy atom. The molecule has 1 atom stereocenters. The minimum atomic E-state index is -0.347. The molecule has 0 saturated carbocycles. The van der Waals surface area contributed by atoms with E-state index in [9.17, 15) is 19.8 Å². The van der Waals surface area contributed by atoms with Crippen LogP contribution in [0.4, 0.5) is 0 Å². The molecule has 1 unspecified atom stereocenters. The smallest absolute Gasteiger partial charge is 0.266 e. The Balaban J connectivity index is 1.41. The first-order valence-electron chi connectivity index (χ1n) is 20.6. The molecule has 0 radical (unpaired) electrons.